The topological polar surface area (TPSA) is 44.8 Å². The fourth-order valence-electron chi connectivity index (χ4n) is 2.59. The first kappa shape index (κ1) is 16.0. The van der Waals surface area contributed by atoms with Crippen LogP contribution in [0.2, 0.25) is 0 Å². The molecule has 0 spiro atoms. The molecule has 3 rings (SSSR count). The van der Waals surface area contributed by atoms with Gasteiger partial charge in [-0.25, -0.2) is 4.57 Å². The second kappa shape index (κ2) is 6.71. The molecule has 0 amide bonds. The minimum Gasteiger partial charge on any atom is -0.403 e. The van der Waals surface area contributed by atoms with Crippen molar-refractivity contribution in [3.8, 4) is 5.75 Å². The summed E-state index contributed by atoms with van der Waals surface area (Å²) in [5.41, 5.74) is 0. The Balaban J connectivity index is 2.22. The second-order valence-corrected chi connectivity index (χ2v) is 6.62. The van der Waals surface area contributed by atoms with Crippen LogP contribution in [0.25, 0.3) is 21.5 Å². The van der Waals surface area contributed by atoms with Crippen molar-refractivity contribution in [1.29, 1.82) is 0 Å². The summed E-state index contributed by atoms with van der Waals surface area (Å²) < 4.78 is 29.2. The summed E-state index contributed by atoms with van der Waals surface area (Å²) in [4.78, 5) is 0. The van der Waals surface area contributed by atoms with E-state index in [2.05, 4.69) is 6.07 Å². The summed E-state index contributed by atoms with van der Waals surface area (Å²) in [6.07, 6.45) is 0. The summed E-state index contributed by atoms with van der Waals surface area (Å²) >= 11 is 0. The average molecular weight is 330 g/mol. The third kappa shape index (κ3) is 3.25. The number of phosphoric ester groups is 1. The van der Waals surface area contributed by atoms with E-state index in [1.807, 2.05) is 48.5 Å². The van der Waals surface area contributed by atoms with Crippen molar-refractivity contribution in [2.24, 2.45) is 0 Å². The molecule has 0 aliphatic rings. The van der Waals surface area contributed by atoms with E-state index in [0.717, 1.165) is 21.5 Å². The zero-order valence-corrected chi connectivity index (χ0v) is 14.1. The van der Waals surface area contributed by atoms with Gasteiger partial charge < -0.3 is 4.52 Å². The van der Waals surface area contributed by atoms with Gasteiger partial charge in [0.15, 0.2) is 0 Å². The molecule has 0 bridgehead atoms. The van der Waals surface area contributed by atoms with Crippen molar-refractivity contribution in [3.63, 3.8) is 0 Å². The minimum absolute atomic E-state index is 0.250. The summed E-state index contributed by atoms with van der Waals surface area (Å²) in [6.45, 7) is 4.02. The molecule has 0 aromatic heterocycles. The predicted octanol–water partition coefficient (Wildman–Crippen LogP) is 5.55. The maximum Gasteiger partial charge on any atom is 0.530 e. The van der Waals surface area contributed by atoms with E-state index in [9.17, 15) is 4.57 Å². The van der Waals surface area contributed by atoms with Gasteiger partial charge in [0.05, 0.1) is 13.2 Å². The molecule has 5 heteroatoms. The van der Waals surface area contributed by atoms with Crippen molar-refractivity contribution in [2.75, 3.05) is 13.2 Å². The van der Waals surface area contributed by atoms with Gasteiger partial charge in [0.25, 0.3) is 0 Å². The molecule has 0 aliphatic heterocycles. The van der Waals surface area contributed by atoms with Gasteiger partial charge in [0.1, 0.15) is 5.75 Å². The van der Waals surface area contributed by atoms with Crippen LogP contribution in [-0.4, -0.2) is 13.2 Å². The number of rotatable bonds is 6. The third-order valence-electron chi connectivity index (χ3n) is 3.50. The van der Waals surface area contributed by atoms with Crippen LogP contribution in [0.1, 0.15) is 13.8 Å². The molecule has 0 N–H and O–H groups in total. The molecule has 0 fully saturated rings. The van der Waals surface area contributed by atoms with Gasteiger partial charge in [0, 0.05) is 10.8 Å². The monoisotopic (exact) mass is 330 g/mol. The van der Waals surface area contributed by atoms with Crippen LogP contribution in [0.3, 0.4) is 0 Å². The summed E-state index contributed by atoms with van der Waals surface area (Å²) in [5.74, 6) is 0.531. The molecule has 120 valence electrons. The van der Waals surface area contributed by atoms with Crippen molar-refractivity contribution < 1.29 is 18.1 Å². The largest absolute Gasteiger partial charge is 0.530 e. The molecule has 0 aliphatic carbocycles. The highest BCUT2D eigenvalue weighted by atomic mass is 31.2. The van der Waals surface area contributed by atoms with Gasteiger partial charge in [-0.2, -0.15) is 0 Å². The molecule has 0 saturated heterocycles. The van der Waals surface area contributed by atoms with Gasteiger partial charge in [-0.15, -0.1) is 0 Å². The second-order valence-electron chi connectivity index (χ2n) is 5.02. The van der Waals surface area contributed by atoms with Gasteiger partial charge in [0.2, 0.25) is 0 Å². The fraction of sp³-hybridized carbons (Fsp3) is 0.222. The van der Waals surface area contributed by atoms with Crippen molar-refractivity contribution in [3.05, 3.63) is 54.6 Å². The lowest BCUT2D eigenvalue weighted by atomic mass is 10.0. The number of fused-ring (bicyclic) bond motifs is 2. The standard InChI is InChI=1S/C18H19O4P/c1-3-20-23(19,21-4-2)22-18-16-11-7-5-9-14(16)13-15-10-6-8-12-17(15)18/h5-13H,3-4H2,1-2H3. The molecular formula is C18H19O4P. The number of hydrogen-bond donors (Lipinski definition) is 0. The highest BCUT2D eigenvalue weighted by Gasteiger charge is 2.29. The maximum absolute atomic E-state index is 12.8. The lowest BCUT2D eigenvalue weighted by Crippen LogP contribution is -2.03. The van der Waals surface area contributed by atoms with Gasteiger partial charge in [-0.3, -0.25) is 9.05 Å². The first-order chi connectivity index (χ1) is 11.2. The van der Waals surface area contributed by atoms with E-state index < -0.39 is 7.82 Å². The Labute approximate surface area is 135 Å². The molecule has 0 saturated carbocycles. The number of benzene rings is 3. The zero-order valence-electron chi connectivity index (χ0n) is 13.2. The van der Waals surface area contributed by atoms with Crippen LogP contribution < -0.4 is 4.52 Å². The highest BCUT2D eigenvalue weighted by Crippen LogP contribution is 2.52. The van der Waals surface area contributed by atoms with Crippen molar-refractivity contribution in [1.82, 2.24) is 0 Å². The van der Waals surface area contributed by atoms with Gasteiger partial charge in [-0.05, 0) is 30.7 Å². The van der Waals surface area contributed by atoms with E-state index in [1.54, 1.807) is 13.8 Å². The molecule has 4 nitrogen and oxygen atoms in total. The van der Waals surface area contributed by atoms with Crippen LogP contribution in [0.5, 0.6) is 5.75 Å². The average Bonchev–Trinajstić information content (AvgIpc) is 2.55. The first-order valence-corrected chi connectivity index (χ1v) is 9.12. The Hall–Kier alpha value is -1.87. The highest BCUT2D eigenvalue weighted by molar-refractivity contribution is 7.49. The zero-order chi connectivity index (χ0) is 16.3. The Morgan fingerprint density at radius 1 is 0.826 bits per heavy atom. The van der Waals surface area contributed by atoms with Crippen LogP contribution in [0.15, 0.2) is 54.6 Å². The Kier molecular flexibility index (Phi) is 4.67. The first-order valence-electron chi connectivity index (χ1n) is 7.66. The Bertz CT molecular complexity index is 811. The molecule has 0 atom stereocenters. The predicted molar refractivity (Wildman–Crippen MR) is 92.9 cm³/mol. The minimum atomic E-state index is -3.65. The molecule has 0 radical (unpaired) electrons. The fourth-order valence-corrected chi connectivity index (χ4v) is 3.82. The van der Waals surface area contributed by atoms with Crippen LogP contribution in [-0.2, 0) is 13.6 Å². The van der Waals surface area contributed by atoms with Gasteiger partial charge in [-0.1, -0.05) is 48.5 Å². The smallest absolute Gasteiger partial charge is 0.403 e. The molecule has 0 unspecified atom stereocenters. The summed E-state index contributed by atoms with van der Waals surface area (Å²) in [6, 6.07) is 17.8. The molecule has 0 heterocycles. The summed E-state index contributed by atoms with van der Waals surface area (Å²) in [7, 11) is -3.65. The molecule has 3 aromatic carbocycles. The SMILES string of the molecule is CCOP(=O)(OCC)Oc1c2ccccc2cc2ccccc12. The van der Waals surface area contributed by atoms with E-state index in [0.29, 0.717) is 5.75 Å². The van der Waals surface area contributed by atoms with Crippen LogP contribution in [0, 0.1) is 0 Å². The molecule has 3 aromatic rings. The third-order valence-corrected chi connectivity index (χ3v) is 5.05. The Morgan fingerprint density at radius 2 is 1.30 bits per heavy atom. The van der Waals surface area contributed by atoms with Crippen LogP contribution in [0.4, 0.5) is 0 Å². The normalized spacial score (nSPS) is 11.9. The van der Waals surface area contributed by atoms with E-state index in [1.165, 1.54) is 0 Å². The quantitative estimate of drug-likeness (QED) is 0.439. The molecular weight excluding hydrogens is 311 g/mol. The molecule has 23 heavy (non-hydrogen) atoms. The summed E-state index contributed by atoms with van der Waals surface area (Å²) in [5, 5.41) is 3.79. The van der Waals surface area contributed by atoms with Gasteiger partial charge >= 0.3 is 7.82 Å². The van der Waals surface area contributed by atoms with Crippen LogP contribution >= 0.6 is 7.82 Å². The maximum atomic E-state index is 12.8. The van der Waals surface area contributed by atoms with E-state index >= 15 is 0 Å². The van der Waals surface area contributed by atoms with E-state index in [-0.39, 0.29) is 13.2 Å². The number of phosphoric acid groups is 1. The van der Waals surface area contributed by atoms with E-state index in [4.69, 9.17) is 13.6 Å². The lowest BCUT2D eigenvalue weighted by Gasteiger charge is -2.19. The Morgan fingerprint density at radius 3 is 1.78 bits per heavy atom. The van der Waals surface area contributed by atoms with Crippen molar-refractivity contribution >= 4 is 29.4 Å². The number of hydrogen-bond acceptors (Lipinski definition) is 4. The lowest BCUT2D eigenvalue weighted by molar-refractivity contribution is 0.168. The van der Waals surface area contributed by atoms with Crippen molar-refractivity contribution in [2.45, 2.75) is 13.8 Å².